The van der Waals surface area contributed by atoms with Crippen molar-refractivity contribution in [3.63, 3.8) is 0 Å². The lowest BCUT2D eigenvalue weighted by molar-refractivity contribution is -0.151. The third-order valence-electron chi connectivity index (χ3n) is 5.94. The summed E-state index contributed by atoms with van der Waals surface area (Å²) in [6, 6.07) is -0.778. The molecule has 1 aromatic heterocycles. The van der Waals surface area contributed by atoms with Crippen LogP contribution in [0.5, 0.6) is 0 Å². The second-order valence-corrected chi connectivity index (χ2v) is 9.65. The van der Waals surface area contributed by atoms with Gasteiger partial charge < -0.3 is 36.1 Å². The first-order chi connectivity index (χ1) is 15.2. The Morgan fingerprint density at radius 3 is 2.59 bits per heavy atom. The molecule has 4 rings (SSSR count). The highest BCUT2D eigenvalue weighted by atomic mass is 32.2. The minimum absolute atomic E-state index is 0.0911. The van der Waals surface area contributed by atoms with E-state index in [0.717, 1.165) is 36.6 Å². The van der Waals surface area contributed by atoms with Crippen molar-refractivity contribution in [3.05, 3.63) is 11.6 Å². The maximum absolute atomic E-state index is 12.1. The molecule has 0 radical (unpaired) electrons. The number of aliphatic hydroxyl groups is 2. The molecule has 0 bridgehead atoms. The lowest BCUT2D eigenvalue weighted by Gasteiger charge is -2.28. The Labute approximate surface area is 190 Å². The van der Waals surface area contributed by atoms with Gasteiger partial charge in [0.1, 0.15) is 31.0 Å². The zero-order chi connectivity index (χ0) is 23.2. The Balaban J connectivity index is 1.53. The molecule has 0 unspecified atom stereocenters. The number of thioether (sulfide) groups is 1. The Bertz CT molecular complexity index is 895. The molecule has 12 heteroatoms. The molecule has 2 fully saturated rings. The fraction of sp³-hybridized carbons (Fsp3) is 0.650. The molecular weight excluding hydrogens is 436 g/mol. The summed E-state index contributed by atoms with van der Waals surface area (Å²) in [5, 5.41) is 21.8. The predicted octanol–water partition coefficient (Wildman–Crippen LogP) is 0.0155. The highest BCUT2D eigenvalue weighted by Gasteiger charge is 2.50. The standard InChI is InChI=1S/C20H30N6O5S/c1-9(2)12(21)19(29)30-8-11-13(27)14(28)18(31-11)26-10(3)32-15-16(25-6-4-5-7-25)23-20(22)24-17(15)26/h9,11-14,18,27-28H,3-8,21H2,1-2H3,(H2,22,23,24)/t11-,12+,13-,14-,18-/m1/s1. The van der Waals surface area contributed by atoms with Crippen molar-refractivity contribution >= 4 is 35.3 Å². The van der Waals surface area contributed by atoms with Crippen molar-refractivity contribution in [1.82, 2.24) is 9.97 Å². The second kappa shape index (κ2) is 9.02. The maximum atomic E-state index is 12.1. The van der Waals surface area contributed by atoms with E-state index < -0.39 is 36.6 Å². The van der Waals surface area contributed by atoms with E-state index in [0.29, 0.717) is 10.8 Å². The van der Waals surface area contributed by atoms with E-state index in [4.69, 9.17) is 20.9 Å². The van der Waals surface area contributed by atoms with E-state index in [1.165, 1.54) is 11.8 Å². The van der Waals surface area contributed by atoms with Crippen molar-refractivity contribution in [2.24, 2.45) is 11.7 Å². The number of nitrogen functional groups attached to an aromatic ring is 1. The molecule has 3 aliphatic heterocycles. The van der Waals surface area contributed by atoms with Gasteiger partial charge in [-0.1, -0.05) is 32.2 Å². The summed E-state index contributed by atoms with van der Waals surface area (Å²) in [6.45, 7) is 9.22. The molecule has 2 saturated heterocycles. The average Bonchev–Trinajstić information content (AvgIpc) is 3.45. The fourth-order valence-corrected chi connectivity index (χ4v) is 5.03. The minimum atomic E-state index is -1.28. The number of anilines is 3. The van der Waals surface area contributed by atoms with Crippen molar-refractivity contribution in [2.75, 3.05) is 35.2 Å². The molecule has 0 spiro atoms. The van der Waals surface area contributed by atoms with Gasteiger partial charge in [0, 0.05) is 13.1 Å². The van der Waals surface area contributed by atoms with Gasteiger partial charge in [-0.3, -0.25) is 9.69 Å². The first-order valence-electron chi connectivity index (χ1n) is 10.7. The summed E-state index contributed by atoms with van der Waals surface area (Å²) in [5.41, 5.74) is 11.8. The van der Waals surface area contributed by atoms with Crippen LogP contribution in [0, 0.1) is 5.92 Å². The van der Waals surface area contributed by atoms with Crippen LogP contribution in [-0.2, 0) is 14.3 Å². The number of nitrogens with two attached hydrogens (primary N) is 2. The number of aliphatic hydroxyl groups excluding tert-OH is 2. The first kappa shape index (κ1) is 23.1. The smallest absolute Gasteiger partial charge is 0.323 e. The summed E-state index contributed by atoms with van der Waals surface area (Å²) in [5.74, 6) is 0.639. The van der Waals surface area contributed by atoms with Crippen molar-refractivity contribution in [1.29, 1.82) is 0 Å². The topological polar surface area (TPSA) is 160 Å². The van der Waals surface area contributed by atoms with E-state index in [9.17, 15) is 15.0 Å². The predicted molar refractivity (Wildman–Crippen MR) is 120 cm³/mol. The molecule has 0 aliphatic carbocycles. The highest BCUT2D eigenvalue weighted by Crippen LogP contribution is 2.51. The van der Waals surface area contributed by atoms with Crippen LogP contribution in [0.15, 0.2) is 16.5 Å². The summed E-state index contributed by atoms with van der Waals surface area (Å²) >= 11 is 1.37. The highest BCUT2D eigenvalue weighted by molar-refractivity contribution is 8.03. The zero-order valence-electron chi connectivity index (χ0n) is 18.2. The number of rotatable bonds is 6. The average molecular weight is 467 g/mol. The van der Waals surface area contributed by atoms with Gasteiger partial charge in [0.25, 0.3) is 0 Å². The molecule has 176 valence electrons. The van der Waals surface area contributed by atoms with Crippen LogP contribution in [0.2, 0.25) is 0 Å². The fourth-order valence-electron chi connectivity index (χ4n) is 4.00. The number of ether oxygens (including phenoxy) is 2. The summed E-state index contributed by atoms with van der Waals surface area (Å²) in [7, 11) is 0. The second-order valence-electron chi connectivity index (χ2n) is 8.56. The molecule has 0 aromatic carbocycles. The van der Waals surface area contributed by atoms with E-state index in [1.54, 1.807) is 4.90 Å². The number of esters is 1. The quantitative estimate of drug-likeness (QED) is 0.417. The van der Waals surface area contributed by atoms with Crippen molar-refractivity contribution < 1.29 is 24.5 Å². The minimum Gasteiger partial charge on any atom is -0.462 e. The lowest BCUT2D eigenvalue weighted by atomic mass is 10.1. The van der Waals surface area contributed by atoms with Gasteiger partial charge in [0.2, 0.25) is 5.95 Å². The molecule has 0 saturated carbocycles. The Kier molecular flexibility index (Phi) is 6.50. The van der Waals surface area contributed by atoms with Gasteiger partial charge in [-0.25, -0.2) is 0 Å². The number of carbonyl (C=O) groups is 1. The Hall–Kier alpha value is -2.12. The van der Waals surface area contributed by atoms with Gasteiger partial charge in [0.15, 0.2) is 17.9 Å². The number of hydrogen-bond acceptors (Lipinski definition) is 12. The van der Waals surface area contributed by atoms with Crippen LogP contribution < -0.4 is 21.3 Å². The van der Waals surface area contributed by atoms with Crippen LogP contribution in [-0.4, -0.2) is 76.4 Å². The van der Waals surface area contributed by atoms with Crippen LogP contribution >= 0.6 is 11.8 Å². The molecule has 0 amide bonds. The number of hydrogen-bond donors (Lipinski definition) is 4. The van der Waals surface area contributed by atoms with Crippen LogP contribution in [0.4, 0.5) is 17.6 Å². The maximum Gasteiger partial charge on any atom is 0.323 e. The largest absolute Gasteiger partial charge is 0.462 e. The van der Waals surface area contributed by atoms with Crippen molar-refractivity contribution in [3.8, 4) is 0 Å². The van der Waals surface area contributed by atoms with Crippen LogP contribution in [0.25, 0.3) is 0 Å². The van der Waals surface area contributed by atoms with E-state index in [1.807, 2.05) is 13.8 Å². The molecule has 6 N–H and O–H groups in total. The van der Waals surface area contributed by atoms with Gasteiger partial charge in [0.05, 0.1) is 9.92 Å². The number of carbonyl (C=O) groups excluding carboxylic acids is 1. The molecular formula is C20H30N6O5S. The number of nitrogens with zero attached hydrogens (tertiary/aromatic N) is 4. The van der Waals surface area contributed by atoms with Gasteiger partial charge >= 0.3 is 5.97 Å². The summed E-state index contributed by atoms with van der Waals surface area (Å²) in [4.78, 5) is 25.4. The third kappa shape index (κ3) is 4.13. The SMILES string of the molecule is C=C1Sc2c(N3CCCC3)nc(N)nc2N1[C@@H]1O[C@H](COC(=O)[C@@H](N)C(C)C)[C@@H](O)[C@H]1O. The normalized spacial score (nSPS) is 28.5. The third-order valence-corrected chi connectivity index (χ3v) is 6.94. The van der Waals surface area contributed by atoms with Gasteiger partial charge in [-0.2, -0.15) is 9.97 Å². The monoisotopic (exact) mass is 466 g/mol. The molecule has 11 nitrogen and oxygen atoms in total. The number of fused-ring (bicyclic) bond motifs is 1. The zero-order valence-corrected chi connectivity index (χ0v) is 19.0. The molecule has 32 heavy (non-hydrogen) atoms. The first-order valence-corrected chi connectivity index (χ1v) is 11.5. The van der Waals surface area contributed by atoms with E-state index in [-0.39, 0.29) is 18.5 Å². The molecule has 1 aromatic rings. The van der Waals surface area contributed by atoms with E-state index >= 15 is 0 Å². The molecule has 5 atom stereocenters. The van der Waals surface area contributed by atoms with E-state index in [2.05, 4.69) is 21.4 Å². The Morgan fingerprint density at radius 1 is 1.28 bits per heavy atom. The van der Waals surface area contributed by atoms with Crippen molar-refractivity contribution in [2.45, 2.75) is 62.2 Å². The molecule has 4 heterocycles. The van der Waals surface area contributed by atoms with Gasteiger partial charge in [-0.05, 0) is 18.8 Å². The van der Waals surface area contributed by atoms with Crippen LogP contribution in [0.3, 0.4) is 0 Å². The summed E-state index contributed by atoms with van der Waals surface area (Å²) in [6.07, 6.45) is -2.32. The van der Waals surface area contributed by atoms with Gasteiger partial charge in [-0.15, -0.1) is 0 Å². The van der Waals surface area contributed by atoms with Crippen LogP contribution in [0.1, 0.15) is 26.7 Å². The molecule has 3 aliphatic rings. The Morgan fingerprint density at radius 2 is 1.94 bits per heavy atom. The lowest BCUT2D eigenvalue weighted by Crippen LogP contribution is -2.42. The number of aromatic nitrogens is 2. The summed E-state index contributed by atoms with van der Waals surface area (Å²) < 4.78 is 11.1.